The SMILES string of the molecule is CCCCCCCCCCCC[N+](CC(C)C(=O)[O-])(CC(C)C(=O)O)CC(C)C(=O)O. The predicted molar refractivity (Wildman–Crippen MR) is 119 cm³/mol. The molecular formula is C24H45NO6. The lowest BCUT2D eigenvalue weighted by Crippen LogP contribution is -2.58. The summed E-state index contributed by atoms with van der Waals surface area (Å²) in [6, 6.07) is 0. The van der Waals surface area contributed by atoms with E-state index in [1.54, 1.807) is 20.8 Å². The summed E-state index contributed by atoms with van der Waals surface area (Å²) >= 11 is 0. The Morgan fingerprint density at radius 1 is 0.677 bits per heavy atom. The second-order valence-electron chi connectivity index (χ2n) is 9.49. The van der Waals surface area contributed by atoms with Crippen molar-refractivity contribution in [2.45, 2.75) is 91.9 Å². The summed E-state index contributed by atoms with van der Waals surface area (Å²) in [5.74, 6) is -5.22. The van der Waals surface area contributed by atoms with E-state index < -0.39 is 35.7 Å². The largest absolute Gasteiger partial charge is 0.550 e. The zero-order chi connectivity index (χ0) is 23.9. The Labute approximate surface area is 188 Å². The molecule has 0 aliphatic carbocycles. The van der Waals surface area contributed by atoms with E-state index >= 15 is 0 Å². The second-order valence-corrected chi connectivity index (χ2v) is 9.49. The average molecular weight is 444 g/mol. The van der Waals surface area contributed by atoms with Crippen molar-refractivity contribution in [3.05, 3.63) is 0 Å². The lowest BCUT2D eigenvalue weighted by atomic mass is 10.00. The average Bonchev–Trinajstić information content (AvgIpc) is 2.68. The first-order valence-electron chi connectivity index (χ1n) is 12.1. The molecule has 0 rings (SSSR count). The number of carbonyl (C=O) groups is 3. The minimum Gasteiger partial charge on any atom is -0.550 e. The Kier molecular flexibility index (Phi) is 15.2. The van der Waals surface area contributed by atoms with Crippen LogP contribution in [0.1, 0.15) is 91.9 Å². The van der Waals surface area contributed by atoms with E-state index in [0.717, 1.165) is 19.3 Å². The first-order chi connectivity index (χ1) is 14.5. The van der Waals surface area contributed by atoms with E-state index in [1.165, 1.54) is 44.9 Å². The van der Waals surface area contributed by atoms with Gasteiger partial charge in [-0.15, -0.1) is 0 Å². The number of hydrogen-bond donors (Lipinski definition) is 2. The third-order valence-corrected chi connectivity index (χ3v) is 6.21. The Morgan fingerprint density at radius 3 is 1.39 bits per heavy atom. The highest BCUT2D eigenvalue weighted by atomic mass is 16.4. The molecule has 182 valence electrons. The van der Waals surface area contributed by atoms with E-state index in [9.17, 15) is 29.7 Å². The molecule has 3 atom stereocenters. The summed E-state index contributed by atoms with van der Waals surface area (Å²) in [5.41, 5.74) is 0. The molecule has 0 saturated carbocycles. The molecular weight excluding hydrogens is 398 g/mol. The van der Waals surface area contributed by atoms with Crippen LogP contribution in [0.3, 0.4) is 0 Å². The number of aliphatic carboxylic acids is 3. The number of hydrogen-bond acceptors (Lipinski definition) is 4. The van der Waals surface area contributed by atoms with Gasteiger partial charge in [0.2, 0.25) is 0 Å². The molecule has 0 aliphatic heterocycles. The van der Waals surface area contributed by atoms with E-state index in [4.69, 9.17) is 0 Å². The first-order valence-corrected chi connectivity index (χ1v) is 12.1. The fraction of sp³-hybridized carbons (Fsp3) is 0.875. The first kappa shape index (κ1) is 29.4. The minimum atomic E-state index is -1.18. The summed E-state index contributed by atoms with van der Waals surface area (Å²) in [4.78, 5) is 34.4. The molecule has 3 unspecified atom stereocenters. The summed E-state index contributed by atoms with van der Waals surface area (Å²) in [5, 5.41) is 30.3. The monoisotopic (exact) mass is 443 g/mol. The Balaban J connectivity index is 4.97. The van der Waals surface area contributed by atoms with E-state index in [1.807, 2.05) is 0 Å². The molecule has 0 aromatic rings. The van der Waals surface area contributed by atoms with Crippen molar-refractivity contribution in [1.82, 2.24) is 0 Å². The molecule has 0 radical (unpaired) electrons. The topological polar surface area (TPSA) is 115 Å². The Morgan fingerprint density at radius 2 is 1.03 bits per heavy atom. The van der Waals surface area contributed by atoms with Gasteiger partial charge in [0, 0.05) is 11.9 Å². The minimum absolute atomic E-state index is 0.188. The highest BCUT2D eigenvalue weighted by molar-refractivity contribution is 5.70. The lowest BCUT2D eigenvalue weighted by Gasteiger charge is -2.43. The van der Waals surface area contributed by atoms with Crippen molar-refractivity contribution < 1.29 is 34.2 Å². The molecule has 31 heavy (non-hydrogen) atoms. The molecule has 0 aromatic heterocycles. The van der Waals surface area contributed by atoms with Crippen molar-refractivity contribution in [2.75, 3.05) is 26.2 Å². The van der Waals surface area contributed by atoms with Crippen LogP contribution in [0.25, 0.3) is 0 Å². The van der Waals surface area contributed by atoms with Gasteiger partial charge in [0.1, 0.15) is 11.8 Å². The number of carbonyl (C=O) groups excluding carboxylic acids is 1. The van der Waals surface area contributed by atoms with E-state index in [-0.39, 0.29) is 24.1 Å². The van der Waals surface area contributed by atoms with Crippen molar-refractivity contribution in [3.63, 3.8) is 0 Å². The molecule has 0 amide bonds. The van der Waals surface area contributed by atoms with Crippen LogP contribution in [0.5, 0.6) is 0 Å². The zero-order valence-electron chi connectivity index (χ0n) is 20.1. The van der Waals surface area contributed by atoms with Gasteiger partial charge in [-0.3, -0.25) is 9.59 Å². The molecule has 2 N–H and O–H groups in total. The molecule has 7 nitrogen and oxygen atoms in total. The van der Waals surface area contributed by atoms with E-state index in [2.05, 4.69) is 6.92 Å². The van der Waals surface area contributed by atoms with Crippen LogP contribution in [-0.4, -0.2) is 58.8 Å². The van der Waals surface area contributed by atoms with Crippen LogP contribution in [0.15, 0.2) is 0 Å². The van der Waals surface area contributed by atoms with E-state index in [0.29, 0.717) is 6.54 Å². The Hall–Kier alpha value is -1.63. The molecule has 0 fully saturated rings. The quantitative estimate of drug-likeness (QED) is 0.220. The van der Waals surface area contributed by atoms with Gasteiger partial charge in [-0.1, -0.05) is 65.2 Å². The number of nitrogens with zero attached hydrogens (tertiary/aromatic N) is 1. The number of unbranched alkanes of at least 4 members (excludes halogenated alkanes) is 9. The highest BCUT2D eigenvalue weighted by Gasteiger charge is 2.36. The van der Waals surface area contributed by atoms with Crippen molar-refractivity contribution in [2.24, 2.45) is 17.8 Å². The lowest BCUT2D eigenvalue weighted by molar-refractivity contribution is -0.934. The van der Waals surface area contributed by atoms with Gasteiger partial charge < -0.3 is 24.6 Å². The van der Waals surface area contributed by atoms with Gasteiger partial charge in [0.25, 0.3) is 0 Å². The number of rotatable bonds is 20. The second kappa shape index (κ2) is 16.1. The summed E-state index contributed by atoms with van der Waals surface area (Å²) in [7, 11) is 0. The number of quaternary nitrogens is 1. The summed E-state index contributed by atoms with van der Waals surface area (Å²) in [6.45, 7) is 8.19. The molecule has 0 saturated heterocycles. The van der Waals surface area contributed by atoms with Crippen molar-refractivity contribution in [3.8, 4) is 0 Å². The molecule has 0 spiro atoms. The van der Waals surface area contributed by atoms with Gasteiger partial charge in [-0.25, -0.2) is 0 Å². The number of carboxylic acid groups (broad SMARTS) is 3. The normalized spacial score (nSPS) is 16.3. The third kappa shape index (κ3) is 13.4. The highest BCUT2D eigenvalue weighted by Crippen LogP contribution is 2.22. The molecule has 0 aromatic carbocycles. The van der Waals surface area contributed by atoms with Gasteiger partial charge in [-0.2, -0.15) is 0 Å². The zero-order valence-corrected chi connectivity index (χ0v) is 20.1. The fourth-order valence-electron chi connectivity index (χ4n) is 4.41. The predicted octanol–water partition coefficient (Wildman–Crippen LogP) is 3.55. The van der Waals surface area contributed by atoms with Crippen molar-refractivity contribution >= 4 is 17.9 Å². The van der Waals surface area contributed by atoms with Crippen LogP contribution < -0.4 is 5.11 Å². The number of carboxylic acids is 3. The van der Waals surface area contributed by atoms with Crippen LogP contribution in [-0.2, 0) is 14.4 Å². The van der Waals surface area contributed by atoms with Crippen LogP contribution in [0, 0.1) is 17.8 Å². The molecule has 0 bridgehead atoms. The van der Waals surface area contributed by atoms with Gasteiger partial charge in [0.15, 0.2) is 0 Å². The molecule has 0 aliphatic rings. The fourth-order valence-corrected chi connectivity index (χ4v) is 4.41. The summed E-state index contributed by atoms with van der Waals surface area (Å²) < 4.78 is 0.188. The van der Waals surface area contributed by atoms with Crippen molar-refractivity contribution in [1.29, 1.82) is 0 Å². The van der Waals surface area contributed by atoms with Crippen LogP contribution >= 0.6 is 0 Å². The van der Waals surface area contributed by atoms with Crippen LogP contribution in [0.2, 0.25) is 0 Å². The van der Waals surface area contributed by atoms with Crippen LogP contribution in [0.4, 0.5) is 0 Å². The molecule has 0 heterocycles. The molecule has 7 heteroatoms. The smallest absolute Gasteiger partial charge is 0.311 e. The maximum atomic E-state index is 11.5. The maximum absolute atomic E-state index is 11.5. The standard InChI is InChI=1S/C24H45NO6/c1-5-6-7-8-9-10-11-12-13-14-15-25(16-19(2)22(26)27,17-20(3)23(28)29)18-21(4)24(30)31/h19-21H,5-18H2,1-4H3,(H2-,26,27,28,29,30,31). The van der Waals surface area contributed by atoms with Gasteiger partial charge >= 0.3 is 11.9 Å². The van der Waals surface area contributed by atoms with Gasteiger partial charge in [-0.05, 0) is 26.7 Å². The Bertz CT molecular complexity index is 481. The maximum Gasteiger partial charge on any atom is 0.311 e. The summed E-state index contributed by atoms with van der Waals surface area (Å²) in [6.07, 6.45) is 11.7. The third-order valence-electron chi connectivity index (χ3n) is 6.21. The van der Waals surface area contributed by atoms with Gasteiger partial charge in [0.05, 0.1) is 26.2 Å².